The molecule has 1 aromatic heterocycles. The third kappa shape index (κ3) is 4.37. The maximum Gasteiger partial charge on any atom is 0.244 e. The minimum atomic E-state index is -0.510. The number of amides is 1. The van der Waals surface area contributed by atoms with Crippen LogP contribution in [0.25, 0.3) is 11.0 Å². The fraction of sp³-hybridized carbons (Fsp3) is 0.222. The van der Waals surface area contributed by atoms with Gasteiger partial charge in [0, 0.05) is 16.7 Å². The van der Waals surface area contributed by atoms with Crippen molar-refractivity contribution in [2.75, 3.05) is 17.2 Å². The van der Waals surface area contributed by atoms with Crippen LogP contribution in [-0.2, 0) is 11.3 Å². The fourth-order valence-electron chi connectivity index (χ4n) is 2.52. The summed E-state index contributed by atoms with van der Waals surface area (Å²) in [5.74, 6) is 0.410. The monoisotopic (exact) mass is 402 g/mol. The summed E-state index contributed by atoms with van der Waals surface area (Å²) in [7, 11) is 0. The van der Waals surface area contributed by atoms with Crippen molar-refractivity contribution in [1.82, 2.24) is 9.55 Å². The molecule has 0 aliphatic carbocycles. The van der Waals surface area contributed by atoms with Gasteiger partial charge in [-0.25, -0.2) is 4.98 Å². The van der Waals surface area contributed by atoms with Gasteiger partial charge in [-0.05, 0) is 37.3 Å². The first-order valence-electron chi connectivity index (χ1n) is 7.95. The van der Waals surface area contributed by atoms with Gasteiger partial charge < -0.3 is 20.3 Å². The van der Waals surface area contributed by atoms with Gasteiger partial charge in [0.2, 0.25) is 11.9 Å². The number of nitrogens with zero attached hydrogens (tertiary/aromatic N) is 2. The van der Waals surface area contributed by atoms with Crippen molar-refractivity contribution in [2.24, 2.45) is 0 Å². The third-order valence-electron chi connectivity index (χ3n) is 3.62. The maximum atomic E-state index is 12.5. The van der Waals surface area contributed by atoms with Crippen LogP contribution < -0.4 is 10.6 Å². The number of para-hydroxylation sites is 2. The smallest absolute Gasteiger partial charge is 0.244 e. The molecule has 0 bridgehead atoms. The summed E-state index contributed by atoms with van der Waals surface area (Å²) in [6, 6.07) is 15.1. The lowest BCUT2D eigenvalue weighted by molar-refractivity contribution is -0.116. The lowest BCUT2D eigenvalue weighted by atomic mass is 10.3. The molecule has 1 amide bonds. The van der Waals surface area contributed by atoms with Crippen LogP contribution in [0.2, 0.25) is 0 Å². The first-order valence-corrected chi connectivity index (χ1v) is 8.75. The Balaban J connectivity index is 1.83. The Morgan fingerprint density at radius 3 is 2.84 bits per heavy atom. The van der Waals surface area contributed by atoms with E-state index < -0.39 is 6.10 Å². The van der Waals surface area contributed by atoms with E-state index in [1.165, 1.54) is 0 Å². The predicted octanol–water partition coefficient (Wildman–Crippen LogP) is 3.23. The number of benzene rings is 2. The summed E-state index contributed by atoms with van der Waals surface area (Å²) in [5.41, 5.74) is 2.38. The highest BCUT2D eigenvalue weighted by atomic mass is 79.9. The van der Waals surface area contributed by atoms with E-state index in [2.05, 4.69) is 31.5 Å². The molecule has 2 aromatic carbocycles. The molecule has 130 valence electrons. The number of carbonyl (C=O) groups excluding carboxylic acids is 1. The van der Waals surface area contributed by atoms with Gasteiger partial charge in [0.15, 0.2) is 0 Å². The Bertz CT molecular complexity index is 892. The molecule has 0 saturated carbocycles. The fourth-order valence-corrected chi connectivity index (χ4v) is 2.92. The highest BCUT2D eigenvalue weighted by Gasteiger charge is 2.14. The van der Waals surface area contributed by atoms with Crippen molar-refractivity contribution in [3.63, 3.8) is 0 Å². The van der Waals surface area contributed by atoms with Gasteiger partial charge in [-0.1, -0.05) is 34.1 Å². The van der Waals surface area contributed by atoms with E-state index in [1.54, 1.807) is 6.92 Å². The van der Waals surface area contributed by atoms with Gasteiger partial charge in [0.1, 0.15) is 6.54 Å². The van der Waals surface area contributed by atoms with Crippen LogP contribution in [0.3, 0.4) is 0 Å². The molecular formula is C18H19BrN4O2. The number of hydrogen-bond acceptors (Lipinski definition) is 4. The zero-order valence-electron chi connectivity index (χ0n) is 13.7. The van der Waals surface area contributed by atoms with Crippen molar-refractivity contribution >= 4 is 44.5 Å². The Kier molecular flexibility index (Phi) is 5.35. The number of hydrogen-bond donors (Lipinski definition) is 3. The lowest BCUT2D eigenvalue weighted by Gasteiger charge is -2.12. The van der Waals surface area contributed by atoms with Gasteiger partial charge in [-0.15, -0.1) is 0 Å². The Hall–Kier alpha value is -2.38. The summed E-state index contributed by atoms with van der Waals surface area (Å²) >= 11 is 3.39. The number of carbonyl (C=O) groups is 1. The van der Waals surface area contributed by atoms with Gasteiger partial charge in [-0.3, -0.25) is 4.79 Å². The van der Waals surface area contributed by atoms with Crippen LogP contribution in [0.1, 0.15) is 6.92 Å². The second-order valence-electron chi connectivity index (χ2n) is 5.80. The molecule has 0 spiro atoms. The van der Waals surface area contributed by atoms with Crippen molar-refractivity contribution in [2.45, 2.75) is 19.6 Å². The van der Waals surface area contributed by atoms with E-state index in [1.807, 2.05) is 53.1 Å². The SMILES string of the molecule is CC(O)CNc1nc2ccccc2n1CC(=O)Nc1cccc(Br)c1. The summed E-state index contributed by atoms with van der Waals surface area (Å²) in [6.07, 6.45) is -0.510. The van der Waals surface area contributed by atoms with E-state index in [9.17, 15) is 9.90 Å². The summed E-state index contributed by atoms with van der Waals surface area (Å²) in [6.45, 7) is 2.17. The van der Waals surface area contributed by atoms with Crippen LogP contribution in [0.5, 0.6) is 0 Å². The highest BCUT2D eigenvalue weighted by Crippen LogP contribution is 2.20. The van der Waals surface area contributed by atoms with Crippen LogP contribution in [0.15, 0.2) is 53.0 Å². The second-order valence-corrected chi connectivity index (χ2v) is 6.71. The molecule has 3 rings (SSSR count). The summed E-state index contributed by atoms with van der Waals surface area (Å²) in [4.78, 5) is 17.0. The Labute approximate surface area is 154 Å². The lowest BCUT2D eigenvalue weighted by Crippen LogP contribution is -2.22. The molecule has 3 N–H and O–H groups in total. The molecule has 7 heteroatoms. The molecular weight excluding hydrogens is 384 g/mol. The van der Waals surface area contributed by atoms with Crippen LogP contribution >= 0.6 is 15.9 Å². The van der Waals surface area contributed by atoms with E-state index in [0.29, 0.717) is 12.5 Å². The molecule has 0 saturated heterocycles. The second kappa shape index (κ2) is 7.67. The zero-order valence-corrected chi connectivity index (χ0v) is 15.3. The molecule has 3 aromatic rings. The molecule has 6 nitrogen and oxygen atoms in total. The summed E-state index contributed by atoms with van der Waals surface area (Å²) < 4.78 is 2.71. The minimum Gasteiger partial charge on any atom is -0.392 e. The highest BCUT2D eigenvalue weighted by molar-refractivity contribution is 9.10. The first kappa shape index (κ1) is 17.4. The van der Waals surface area contributed by atoms with Crippen molar-refractivity contribution in [3.05, 3.63) is 53.0 Å². The molecule has 0 fully saturated rings. The van der Waals surface area contributed by atoms with E-state index in [0.717, 1.165) is 21.2 Å². The van der Waals surface area contributed by atoms with Crippen LogP contribution in [-0.4, -0.2) is 33.2 Å². The number of aromatic nitrogens is 2. The number of aliphatic hydroxyl groups excluding tert-OH is 1. The number of aliphatic hydroxyl groups is 1. The molecule has 0 aliphatic heterocycles. The number of halogens is 1. The average Bonchev–Trinajstić information content (AvgIpc) is 2.91. The number of anilines is 2. The van der Waals surface area contributed by atoms with Crippen LogP contribution in [0.4, 0.5) is 11.6 Å². The largest absolute Gasteiger partial charge is 0.392 e. The maximum absolute atomic E-state index is 12.5. The predicted molar refractivity (Wildman–Crippen MR) is 103 cm³/mol. The van der Waals surface area contributed by atoms with Crippen LogP contribution in [0, 0.1) is 0 Å². The van der Waals surface area contributed by atoms with E-state index >= 15 is 0 Å². The number of rotatable bonds is 6. The van der Waals surface area contributed by atoms with Gasteiger partial charge in [0.05, 0.1) is 17.1 Å². The van der Waals surface area contributed by atoms with Crippen molar-refractivity contribution in [3.8, 4) is 0 Å². The average molecular weight is 403 g/mol. The molecule has 0 aliphatic rings. The number of fused-ring (bicyclic) bond motifs is 1. The van der Waals surface area contributed by atoms with Crippen molar-refractivity contribution < 1.29 is 9.90 Å². The van der Waals surface area contributed by atoms with Gasteiger partial charge >= 0.3 is 0 Å². The molecule has 0 radical (unpaired) electrons. The van der Waals surface area contributed by atoms with E-state index in [-0.39, 0.29) is 12.5 Å². The number of imidazole rings is 1. The van der Waals surface area contributed by atoms with E-state index in [4.69, 9.17) is 0 Å². The normalized spacial score (nSPS) is 12.1. The molecule has 1 atom stereocenters. The zero-order chi connectivity index (χ0) is 17.8. The van der Waals surface area contributed by atoms with Gasteiger partial charge in [-0.2, -0.15) is 0 Å². The number of nitrogens with one attached hydrogen (secondary N) is 2. The first-order chi connectivity index (χ1) is 12.0. The minimum absolute atomic E-state index is 0.120. The molecule has 1 unspecified atom stereocenters. The van der Waals surface area contributed by atoms with Crippen molar-refractivity contribution in [1.29, 1.82) is 0 Å². The molecule has 25 heavy (non-hydrogen) atoms. The molecule has 1 heterocycles. The quantitative estimate of drug-likeness (QED) is 0.591. The topological polar surface area (TPSA) is 79.2 Å². The third-order valence-corrected chi connectivity index (χ3v) is 4.11. The van der Waals surface area contributed by atoms with Gasteiger partial charge in [0.25, 0.3) is 0 Å². The Morgan fingerprint density at radius 1 is 1.28 bits per heavy atom. The standard InChI is InChI=1S/C18H19BrN4O2/c1-12(24)10-20-18-22-15-7-2-3-8-16(15)23(18)11-17(25)21-14-6-4-5-13(19)9-14/h2-9,12,24H,10-11H2,1H3,(H,20,22)(H,21,25). The summed E-state index contributed by atoms with van der Waals surface area (Å²) in [5, 5.41) is 15.5. The Morgan fingerprint density at radius 2 is 2.08 bits per heavy atom.